The third-order valence-corrected chi connectivity index (χ3v) is 5.38. The molecule has 0 saturated carbocycles. The van der Waals surface area contributed by atoms with Crippen LogP contribution in [0.1, 0.15) is 10.9 Å². The third-order valence-electron chi connectivity index (χ3n) is 4.41. The first-order chi connectivity index (χ1) is 12.1. The number of hydrogen-bond donors (Lipinski definition) is 2. The van der Waals surface area contributed by atoms with Crippen LogP contribution in [0.2, 0.25) is 0 Å². The molecule has 1 saturated heterocycles. The Bertz CT molecular complexity index is 669. The molecule has 1 aliphatic rings. The summed E-state index contributed by atoms with van der Waals surface area (Å²) in [7, 11) is 2.13. The maximum Gasteiger partial charge on any atom is 0.319 e. The number of hydrogen-bond acceptors (Lipinski definition) is 4. The van der Waals surface area contributed by atoms with E-state index >= 15 is 0 Å². The smallest absolute Gasteiger partial charge is 0.319 e. The van der Waals surface area contributed by atoms with E-state index in [1.807, 2.05) is 6.07 Å². The molecular weight excluding hydrogens is 339 g/mol. The van der Waals surface area contributed by atoms with E-state index < -0.39 is 0 Å². The molecule has 1 aromatic carbocycles. The zero-order chi connectivity index (χ0) is 17.6. The molecule has 2 heterocycles. The lowest BCUT2D eigenvalue weighted by Gasteiger charge is -2.37. The minimum atomic E-state index is -0.321. The van der Waals surface area contributed by atoms with Gasteiger partial charge in [-0.2, -0.15) is 0 Å². The van der Waals surface area contributed by atoms with E-state index in [1.54, 1.807) is 23.5 Å². The molecule has 2 aromatic rings. The van der Waals surface area contributed by atoms with Gasteiger partial charge in [0, 0.05) is 43.3 Å². The number of amides is 2. The number of likely N-dealkylation sites (N-methyl/N-ethyl adjacent to an activating group) is 1. The lowest BCUT2D eigenvalue weighted by Crippen LogP contribution is -2.48. The standard InChI is InChI=1S/C18H23FN4OS/c1-22-8-10-23(11-9-22)16(17-3-2-12-25-17)13-20-18(24)21-15-6-4-14(19)5-7-15/h2-7,12,16H,8-11,13H2,1H3,(H2,20,21,24). The molecule has 1 unspecified atom stereocenters. The minimum absolute atomic E-state index is 0.174. The molecule has 1 aliphatic heterocycles. The Morgan fingerprint density at radius 1 is 1.20 bits per heavy atom. The first kappa shape index (κ1) is 17.8. The van der Waals surface area contributed by atoms with Crippen LogP contribution < -0.4 is 10.6 Å². The molecule has 0 bridgehead atoms. The normalized spacial score (nSPS) is 17.2. The van der Waals surface area contributed by atoms with Gasteiger partial charge in [0.2, 0.25) is 0 Å². The van der Waals surface area contributed by atoms with E-state index in [4.69, 9.17) is 0 Å². The number of urea groups is 1. The van der Waals surface area contributed by atoms with Gasteiger partial charge in [0.1, 0.15) is 5.82 Å². The van der Waals surface area contributed by atoms with Crippen LogP contribution in [0.3, 0.4) is 0 Å². The van der Waals surface area contributed by atoms with E-state index in [0.29, 0.717) is 12.2 Å². The SMILES string of the molecule is CN1CCN(C(CNC(=O)Nc2ccc(F)cc2)c2cccs2)CC1. The van der Waals surface area contributed by atoms with Crippen molar-refractivity contribution in [3.05, 3.63) is 52.5 Å². The Labute approximate surface area is 151 Å². The van der Waals surface area contributed by atoms with Crippen LogP contribution >= 0.6 is 11.3 Å². The van der Waals surface area contributed by atoms with Crippen LogP contribution in [0.15, 0.2) is 41.8 Å². The number of thiophene rings is 1. The molecular formula is C18H23FN4OS. The molecule has 0 aliphatic carbocycles. The van der Waals surface area contributed by atoms with Crippen molar-refractivity contribution < 1.29 is 9.18 Å². The van der Waals surface area contributed by atoms with Gasteiger partial charge in [-0.15, -0.1) is 11.3 Å². The van der Waals surface area contributed by atoms with Crippen molar-refractivity contribution in [3.63, 3.8) is 0 Å². The fourth-order valence-electron chi connectivity index (χ4n) is 2.92. The summed E-state index contributed by atoms with van der Waals surface area (Å²) in [6.07, 6.45) is 0. The van der Waals surface area contributed by atoms with Crippen molar-refractivity contribution in [1.82, 2.24) is 15.1 Å². The van der Waals surface area contributed by atoms with Gasteiger partial charge in [0.05, 0.1) is 6.04 Å². The van der Waals surface area contributed by atoms with Gasteiger partial charge in [-0.1, -0.05) is 6.07 Å². The van der Waals surface area contributed by atoms with Crippen molar-refractivity contribution in [2.45, 2.75) is 6.04 Å². The van der Waals surface area contributed by atoms with Gasteiger partial charge in [-0.05, 0) is 42.8 Å². The molecule has 2 N–H and O–H groups in total. The highest BCUT2D eigenvalue weighted by molar-refractivity contribution is 7.10. The highest BCUT2D eigenvalue weighted by Gasteiger charge is 2.25. The number of carbonyl (C=O) groups excluding carboxylic acids is 1. The van der Waals surface area contributed by atoms with E-state index in [0.717, 1.165) is 26.2 Å². The Kier molecular flexibility index (Phi) is 6.01. The number of benzene rings is 1. The molecule has 5 nitrogen and oxygen atoms in total. The summed E-state index contributed by atoms with van der Waals surface area (Å²) >= 11 is 1.71. The first-order valence-corrected chi connectivity index (χ1v) is 9.26. The number of halogens is 1. The topological polar surface area (TPSA) is 47.6 Å². The zero-order valence-corrected chi connectivity index (χ0v) is 15.1. The Balaban J connectivity index is 1.58. The predicted octanol–water partition coefficient (Wildman–Crippen LogP) is 3.00. The zero-order valence-electron chi connectivity index (χ0n) is 14.2. The molecule has 0 radical (unpaired) electrons. The molecule has 134 valence electrons. The van der Waals surface area contributed by atoms with Gasteiger partial charge in [-0.3, -0.25) is 4.90 Å². The van der Waals surface area contributed by atoms with Crippen LogP contribution in [0.4, 0.5) is 14.9 Å². The molecule has 2 amide bonds. The van der Waals surface area contributed by atoms with Gasteiger partial charge in [-0.25, -0.2) is 9.18 Å². The average Bonchev–Trinajstić information content (AvgIpc) is 3.13. The first-order valence-electron chi connectivity index (χ1n) is 8.38. The molecule has 0 spiro atoms. The summed E-state index contributed by atoms with van der Waals surface area (Å²) in [5, 5.41) is 7.76. The van der Waals surface area contributed by atoms with E-state index in [1.165, 1.54) is 17.0 Å². The van der Waals surface area contributed by atoms with Crippen LogP contribution in [0.5, 0.6) is 0 Å². The number of piperazine rings is 1. The fraction of sp³-hybridized carbons (Fsp3) is 0.389. The maximum atomic E-state index is 12.9. The molecule has 25 heavy (non-hydrogen) atoms. The highest BCUT2D eigenvalue weighted by atomic mass is 32.1. The summed E-state index contributed by atoms with van der Waals surface area (Å²) in [5.74, 6) is -0.321. The van der Waals surface area contributed by atoms with E-state index in [9.17, 15) is 9.18 Å². The molecule has 1 aromatic heterocycles. The van der Waals surface area contributed by atoms with Crippen molar-refractivity contribution in [2.75, 3.05) is 45.1 Å². The Morgan fingerprint density at radius 3 is 2.56 bits per heavy atom. The minimum Gasteiger partial charge on any atom is -0.336 e. The van der Waals surface area contributed by atoms with Gasteiger partial charge < -0.3 is 15.5 Å². The summed E-state index contributed by atoms with van der Waals surface area (Å²) in [6.45, 7) is 4.57. The Hall–Kier alpha value is -1.96. The van der Waals surface area contributed by atoms with Crippen LogP contribution in [-0.2, 0) is 0 Å². The van der Waals surface area contributed by atoms with Gasteiger partial charge in [0.15, 0.2) is 0 Å². The number of carbonyl (C=O) groups is 1. The summed E-state index contributed by atoms with van der Waals surface area (Å²) in [6, 6.07) is 9.81. The van der Waals surface area contributed by atoms with Crippen LogP contribution in [0.25, 0.3) is 0 Å². The largest absolute Gasteiger partial charge is 0.336 e. The van der Waals surface area contributed by atoms with Crippen LogP contribution in [-0.4, -0.2) is 55.6 Å². The Morgan fingerprint density at radius 2 is 1.92 bits per heavy atom. The monoisotopic (exact) mass is 362 g/mol. The predicted molar refractivity (Wildman–Crippen MR) is 99.6 cm³/mol. The van der Waals surface area contributed by atoms with Crippen molar-refractivity contribution in [1.29, 1.82) is 0 Å². The van der Waals surface area contributed by atoms with Gasteiger partial charge in [0.25, 0.3) is 0 Å². The highest BCUT2D eigenvalue weighted by Crippen LogP contribution is 2.25. The van der Waals surface area contributed by atoms with Gasteiger partial charge >= 0.3 is 6.03 Å². The fourth-order valence-corrected chi connectivity index (χ4v) is 3.78. The molecule has 1 fully saturated rings. The third kappa shape index (κ3) is 5.01. The van der Waals surface area contributed by atoms with E-state index in [-0.39, 0.29) is 17.9 Å². The molecule has 3 rings (SSSR count). The molecule has 7 heteroatoms. The summed E-state index contributed by atoms with van der Waals surface area (Å²) in [5.41, 5.74) is 0.575. The van der Waals surface area contributed by atoms with Crippen molar-refractivity contribution >= 4 is 23.1 Å². The number of nitrogens with one attached hydrogen (secondary N) is 2. The van der Waals surface area contributed by atoms with Crippen LogP contribution in [0, 0.1) is 5.82 Å². The van der Waals surface area contributed by atoms with Crippen molar-refractivity contribution in [3.8, 4) is 0 Å². The summed E-state index contributed by atoms with van der Waals surface area (Å²) in [4.78, 5) is 18.2. The molecule has 1 atom stereocenters. The average molecular weight is 362 g/mol. The quantitative estimate of drug-likeness (QED) is 0.860. The number of rotatable bonds is 5. The number of anilines is 1. The number of nitrogens with zero attached hydrogens (tertiary/aromatic N) is 2. The second-order valence-electron chi connectivity index (χ2n) is 6.21. The lowest BCUT2D eigenvalue weighted by molar-refractivity contribution is 0.113. The maximum absolute atomic E-state index is 12.9. The lowest BCUT2D eigenvalue weighted by atomic mass is 10.1. The second kappa shape index (κ2) is 8.42. The second-order valence-corrected chi connectivity index (χ2v) is 7.19. The van der Waals surface area contributed by atoms with Crippen molar-refractivity contribution in [2.24, 2.45) is 0 Å². The van der Waals surface area contributed by atoms with E-state index in [2.05, 4.69) is 38.9 Å². The summed E-state index contributed by atoms with van der Waals surface area (Å²) < 4.78 is 12.9.